The molecule has 1 aliphatic rings. The van der Waals surface area contributed by atoms with E-state index in [1.807, 2.05) is 12.1 Å². The summed E-state index contributed by atoms with van der Waals surface area (Å²) < 4.78 is 37.3. The van der Waals surface area contributed by atoms with Gasteiger partial charge in [0.15, 0.2) is 26.1 Å². The molecule has 1 amide bonds. The summed E-state index contributed by atoms with van der Waals surface area (Å²) in [5, 5.41) is 0. The minimum absolute atomic E-state index is 0.00402. The monoisotopic (exact) mass is 428 g/mol. The number of thiazole rings is 1. The number of amides is 1. The maximum atomic E-state index is 12.7. The number of nitrogens with zero attached hydrogens (tertiary/aromatic N) is 2. The molecule has 0 saturated carbocycles. The lowest BCUT2D eigenvalue weighted by Gasteiger charge is -2.02. The van der Waals surface area contributed by atoms with Crippen molar-refractivity contribution in [1.82, 2.24) is 4.57 Å². The fourth-order valence-corrected chi connectivity index (χ4v) is 4.83. The molecule has 3 aromatic rings. The van der Waals surface area contributed by atoms with Crippen LogP contribution in [0.15, 0.2) is 46.3 Å². The zero-order valence-electron chi connectivity index (χ0n) is 15.4. The number of terminal acetylenes is 1. The first-order valence-electron chi connectivity index (χ1n) is 8.71. The van der Waals surface area contributed by atoms with E-state index >= 15 is 0 Å². The van der Waals surface area contributed by atoms with Gasteiger partial charge in [0.1, 0.15) is 0 Å². The third-order valence-electron chi connectivity index (χ3n) is 4.46. The number of hydrogen-bond acceptors (Lipinski definition) is 6. The fourth-order valence-electron chi connectivity index (χ4n) is 2.91. The molecule has 148 valence electrons. The van der Waals surface area contributed by atoms with Crippen LogP contribution in [0.2, 0.25) is 0 Å². The van der Waals surface area contributed by atoms with Crippen LogP contribution in [0, 0.1) is 12.3 Å². The lowest BCUT2D eigenvalue weighted by molar-refractivity contribution is 0.0998. The average Bonchev–Trinajstić information content (AvgIpc) is 3.30. The predicted molar refractivity (Wildman–Crippen MR) is 109 cm³/mol. The van der Waals surface area contributed by atoms with Gasteiger partial charge in [0.25, 0.3) is 5.91 Å². The quantitative estimate of drug-likeness (QED) is 0.596. The molecule has 1 aromatic heterocycles. The van der Waals surface area contributed by atoms with Crippen molar-refractivity contribution in [2.24, 2.45) is 4.99 Å². The molecule has 0 bridgehead atoms. The maximum absolute atomic E-state index is 12.7. The van der Waals surface area contributed by atoms with Crippen molar-refractivity contribution in [3.05, 3.63) is 46.8 Å². The van der Waals surface area contributed by atoms with E-state index in [2.05, 4.69) is 10.9 Å². The fraction of sp³-hybridized carbons (Fsp3) is 0.200. The number of hydrogen-bond donors (Lipinski definition) is 0. The Morgan fingerprint density at radius 1 is 1.24 bits per heavy atom. The van der Waals surface area contributed by atoms with Crippen LogP contribution >= 0.6 is 11.3 Å². The Hall–Kier alpha value is -3.09. The molecule has 0 N–H and O–H groups in total. The summed E-state index contributed by atoms with van der Waals surface area (Å²) in [7, 11) is -3.33. The van der Waals surface area contributed by atoms with E-state index in [1.165, 1.54) is 35.6 Å². The number of sulfone groups is 1. The Bertz CT molecular complexity index is 1330. The highest BCUT2D eigenvalue weighted by molar-refractivity contribution is 7.91. The van der Waals surface area contributed by atoms with Gasteiger partial charge in [-0.2, -0.15) is 4.99 Å². The van der Waals surface area contributed by atoms with E-state index in [0.29, 0.717) is 21.9 Å². The van der Waals surface area contributed by atoms with Gasteiger partial charge in [-0.05, 0) is 24.3 Å². The number of rotatable bonds is 4. The molecule has 4 rings (SSSR count). The van der Waals surface area contributed by atoms with Crippen LogP contribution in [-0.2, 0) is 16.4 Å². The van der Waals surface area contributed by atoms with Gasteiger partial charge < -0.3 is 14.0 Å². The highest BCUT2D eigenvalue weighted by Gasteiger charge is 2.18. The number of benzene rings is 2. The lowest BCUT2D eigenvalue weighted by Crippen LogP contribution is -2.16. The van der Waals surface area contributed by atoms with Gasteiger partial charge >= 0.3 is 0 Å². The van der Waals surface area contributed by atoms with Crippen LogP contribution in [0.25, 0.3) is 10.2 Å². The second-order valence-corrected chi connectivity index (χ2v) is 9.48. The van der Waals surface area contributed by atoms with Gasteiger partial charge in [-0.1, -0.05) is 24.2 Å². The van der Waals surface area contributed by atoms with Crippen LogP contribution in [0.4, 0.5) is 0 Å². The minimum Gasteiger partial charge on any atom is -0.454 e. The Labute approximate surface area is 171 Å². The van der Waals surface area contributed by atoms with Gasteiger partial charge in [-0.25, -0.2) is 8.42 Å². The maximum Gasteiger partial charge on any atom is 0.279 e. The van der Waals surface area contributed by atoms with E-state index in [0.717, 1.165) is 10.2 Å². The Kier molecular flexibility index (Phi) is 4.90. The predicted octanol–water partition coefficient (Wildman–Crippen LogP) is 2.60. The van der Waals surface area contributed by atoms with E-state index < -0.39 is 15.7 Å². The van der Waals surface area contributed by atoms with E-state index in [4.69, 9.17) is 15.9 Å². The van der Waals surface area contributed by atoms with Crippen LogP contribution in [-0.4, -0.2) is 31.4 Å². The largest absolute Gasteiger partial charge is 0.454 e. The van der Waals surface area contributed by atoms with Crippen LogP contribution in [0.1, 0.15) is 17.3 Å². The number of carbonyl (C=O) groups excluding carboxylic acids is 1. The molecule has 2 heterocycles. The first kappa shape index (κ1) is 19.2. The van der Waals surface area contributed by atoms with Crippen molar-refractivity contribution in [1.29, 1.82) is 0 Å². The highest BCUT2D eigenvalue weighted by atomic mass is 32.2. The van der Waals surface area contributed by atoms with Crippen LogP contribution in [0.5, 0.6) is 11.5 Å². The minimum atomic E-state index is -3.33. The second-order valence-electron chi connectivity index (χ2n) is 6.19. The third-order valence-corrected chi connectivity index (χ3v) is 7.26. The van der Waals surface area contributed by atoms with Gasteiger partial charge in [-0.3, -0.25) is 4.79 Å². The molecular weight excluding hydrogens is 412 g/mol. The number of ether oxygens (including phenoxy) is 2. The van der Waals surface area contributed by atoms with Crippen molar-refractivity contribution in [3.63, 3.8) is 0 Å². The molecule has 29 heavy (non-hydrogen) atoms. The summed E-state index contributed by atoms with van der Waals surface area (Å²) in [6, 6.07) is 9.41. The Morgan fingerprint density at radius 3 is 2.59 bits per heavy atom. The van der Waals surface area contributed by atoms with Gasteiger partial charge in [-0.15, -0.1) is 6.42 Å². The molecule has 7 nitrogen and oxygen atoms in total. The molecule has 0 fully saturated rings. The average molecular weight is 428 g/mol. The van der Waals surface area contributed by atoms with Gasteiger partial charge in [0, 0.05) is 17.7 Å². The smallest absolute Gasteiger partial charge is 0.279 e. The van der Waals surface area contributed by atoms with Crippen LogP contribution in [0.3, 0.4) is 0 Å². The van der Waals surface area contributed by atoms with Crippen LogP contribution < -0.4 is 14.3 Å². The molecule has 0 unspecified atom stereocenters. The zero-order chi connectivity index (χ0) is 20.6. The van der Waals surface area contributed by atoms with E-state index in [1.54, 1.807) is 11.5 Å². The van der Waals surface area contributed by atoms with Gasteiger partial charge in [0.05, 0.1) is 27.4 Å². The number of carbonyl (C=O) groups is 1. The summed E-state index contributed by atoms with van der Waals surface area (Å²) in [4.78, 5) is 17.5. The summed E-state index contributed by atoms with van der Waals surface area (Å²) in [6.07, 6.45) is 5.50. The summed E-state index contributed by atoms with van der Waals surface area (Å²) in [5.41, 5.74) is 1.09. The summed E-state index contributed by atoms with van der Waals surface area (Å²) in [6.45, 7) is 1.97. The van der Waals surface area contributed by atoms with E-state index in [-0.39, 0.29) is 24.0 Å². The number of aromatic nitrogens is 1. The molecule has 0 saturated heterocycles. The molecule has 9 heteroatoms. The Balaban J connectivity index is 1.76. The SMILES string of the molecule is C#CCn1c(=NC(=O)c2ccc(S(=O)(=O)CC)cc2)sc2cc3c(cc21)OCO3. The molecule has 1 aliphatic heterocycles. The number of fused-ring (bicyclic) bond motifs is 2. The third kappa shape index (κ3) is 3.52. The first-order valence-corrected chi connectivity index (χ1v) is 11.2. The normalized spacial score (nSPS) is 13.6. The molecule has 0 spiro atoms. The summed E-state index contributed by atoms with van der Waals surface area (Å²) >= 11 is 1.31. The van der Waals surface area contributed by atoms with Crippen molar-refractivity contribution in [3.8, 4) is 23.8 Å². The molecule has 2 aromatic carbocycles. The lowest BCUT2D eigenvalue weighted by atomic mass is 10.2. The Morgan fingerprint density at radius 2 is 1.93 bits per heavy atom. The molecule has 0 atom stereocenters. The van der Waals surface area contributed by atoms with Gasteiger partial charge in [0.2, 0.25) is 6.79 Å². The second kappa shape index (κ2) is 7.39. The molecule has 0 aliphatic carbocycles. The molecular formula is C20H16N2O5S2. The first-order chi connectivity index (χ1) is 13.9. The van der Waals surface area contributed by atoms with Crippen molar-refractivity contribution < 1.29 is 22.7 Å². The standard InChI is InChI=1S/C20H16N2O5S2/c1-3-9-22-15-10-16-17(27-12-26-16)11-18(15)28-20(22)21-19(23)13-5-7-14(8-6-13)29(24,25)4-2/h1,5-8,10-11H,4,9,12H2,2H3. The van der Waals surface area contributed by atoms with Crippen molar-refractivity contribution in [2.45, 2.75) is 18.4 Å². The topological polar surface area (TPSA) is 87.0 Å². The van der Waals surface area contributed by atoms with Crippen molar-refractivity contribution in [2.75, 3.05) is 12.5 Å². The zero-order valence-corrected chi connectivity index (χ0v) is 17.0. The van der Waals surface area contributed by atoms with E-state index in [9.17, 15) is 13.2 Å². The highest BCUT2D eigenvalue weighted by Crippen LogP contribution is 2.36. The molecule has 0 radical (unpaired) electrons. The summed E-state index contributed by atoms with van der Waals surface area (Å²) in [5.74, 6) is 3.34. The van der Waals surface area contributed by atoms with Crippen molar-refractivity contribution >= 4 is 37.3 Å².